The molecule has 1 saturated heterocycles. The van der Waals surface area contributed by atoms with Crippen molar-refractivity contribution in [1.82, 2.24) is 9.96 Å². The van der Waals surface area contributed by atoms with Gasteiger partial charge >= 0.3 is 0 Å². The molecule has 0 aromatic carbocycles. The lowest BCUT2D eigenvalue weighted by Gasteiger charge is -2.52. The molecule has 1 aliphatic rings. The van der Waals surface area contributed by atoms with Crippen molar-refractivity contribution in [1.29, 1.82) is 0 Å². The molecular formula is C17H35N2O. The fourth-order valence-corrected chi connectivity index (χ4v) is 3.78. The quantitative estimate of drug-likeness (QED) is 0.763. The van der Waals surface area contributed by atoms with E-state index in [-0.39, 0.29) is 11.1 Å². The first-order valence-electron chi connectivity index (χ1n) is 8.17. The maximum Gasteiger partial charge on any atom is 0.0458 e. The van der Waals surface area contributed by atoms with E-state index in [0.29, 0.717) is 17.9 Å². The van der Waals surface area contributed by atoms with Crippen LogP contribution in [0.25, 0.3) is 0 Å². The summed E-state index contributed by atoms with van der Waals surface area (Å²) in [6.07, 6.45) is 1.94. The van der Waals surface area contributed by atoms with Crippen LogP contribution in [0.1, 0.15) is 68.2 Å². The fourth-order valence-electron chi connectivity index (χ4n) is 3.78. The Balaban J connectivity index is 2.90. The molecule has 1 rings (SSSR count). The first-order chi connectivity index (χ1) is 8.95. The predicted molar refractivity (Wildman–Crippen MR) is 85.0 cm³/mol. The third kappa shape index (κ3) is 4.44. The SMILES string of the molecule is CC(C)CN(CC(C)C)C1CC(C)(C)N([O])C(C)(C)C1. The molecule has 20 heavy (non-hydrogen) atoms. The van der Waals surface area contributed by atoms with Crippen molar-refractivity contribution >= 4 is 0 Å². The number of piperidine rings is 1. The molecule has 0 aromatic rings. The summed E-state index contributed by atoms with van der Waals surface area (Å²) < 4.78 is 0. The fraction of sp³-hybridized carbons (Fsp3) is 1.00. The summed E-state index contributed by atoms with van der Waals surface area (Å²) in [7, 11) is 0. The van der Waals surface area contributed by atoms with Crippen molar-refractivity contribution in [2.75, 3.05) is 13.1 Å². The van der Waals surface area contributed by atoms with E-state index in [0.717, 1.165) is 25.9 Å². The number of nitrogens with zero attached hydrogens (tertiary/aromatic N) is 2. The van der Waals surface area contributed by atoms with Gasteiger partial charge in [-0.25, -0.2) is 0 Å². The Hall–Kier alpha value is -0.120. The van der Waals surface area contributed by atoms with Gasteiger partial charge in [-0.05, 0) is 52.4 Å². The second-order valence-corrected chi connectivity index (χ2v) is 8.72. The van der Waals surface area contributed by atoms with E-state index < -0.39 is 0 Å². The van der Waals surface area contributed by atoms with Crippen molar-refractivity contribution in [3.8, 4) is 0 Å². The Labute approximate surface area is 126 Å². The zero-order chi connectivity index (χ0) is 15.7. The molecule has 3 nitrogen and oxygen atoms in total. The normalized spacial score (nSPS) is 24.0. The maximum absolute atomic E-state index is 12.5. The van der Waals surface area contributed by atoms with E-state index in [2.05, 4.69) is 60.3 Å². The third-order valence-electron chi connectivity index (χ3n) is 4.29. The van der Waals surface area contributed by atoms with E-state index in [1.807, 2.05) is 0 Å². The van der Waals surface area contributed by atoms with E-state index in [9.17, 15) is 5.21 Å². The average molecular weight is 283 g/mol. The zero-order valence-electron chi connectivity index (χ0n) is 14.9. The largest absolute Gasteiger partial charge is 0.300 e. The molecule has 3 heteroatoms. The highest BCUT2D eigenvalue weighted by atomic mass is 16.5. The molecule has 0 aromatic heterocycles. The standard InChI is InChI=1S/C17H35N2O/c1-13(2)11-18(12-14(3)4)15-9-16(5,6)19(20)17(7,8)10-15/h13-15H,9-12H2,1-8H3. The Morgan fingerprint density at radius 1 is 0.950 bits per heavy atom. The van der Waals surface area contributed by atoms with Crippen LogP contribution < -0.4 is 0 Å². The topological polar surface area (TPSA) is 26.4 Å². The minimum Gasteiger partial charge on any atom is -0.300 e. The van der Waals surface area contributed by atoms with Gasteiger partial charge in [0.15, 0.2) is 0 Å². The Kier molecular flexibility index (Phi) is 5.67. The first-order valence-corrected chi connectivity index (χ1v) is 8.17. The second-order valence-electron chi connectivity index (χ2n) is 8.72. The van der Waals surface area contributed by atoms with Gasteiger partial charge in [0.05, 0.1) is 0 Å². The lowest BCUT2D eigenvalue weighted by atomic mass is 9.78. The van der Waals surface area contributed by atoms with Gasteiger partial charge in [0.25, 0.3) is 0 Å². The monoisotopic (exact) mass is 283 g/mol. The van der Waals surface area contributed by atoms with Crippen LogP contribution in [-0.2, 0) is 5.21 Å². The van der Waals surface area contributed by atoms with Crippen LogP contribution >= 0.6 is 0 Å². The van der Waals surface area contributed by atoms with E-state index in [1.54, 1.807) is 0 Å². The molecule has 0 N–H and O–H groups in total. The molecule has 0 aliphatic carbocycles. The van der Waals surface area contributed by atoms with Crippen molar-refractivity contribution in [2.24, 2.45) is 11.8 Å². The number of hydroxylamine groups is 2. The number of hydrogen-bond donors (Lipinski definition) is 0. The maximum atomic E-state index is 12.5. The van der Waals surface area contributed by atoms with Crippen molar-refractivity contribution in [3.63, 3.8) is 0 Å². The minimum atomic E-state index is -0.265. The summed E-state index contributed by atoms with van der Waals surface area (Å²) in [6, 6.07) is 0.523. The molecule has 1 radical (unpaired) electrons. The van der Waals surface area contributed by atoms with Crippen LogP contribution in [0.3, 0.4) is 0 Å². The average Bonchev–Trinajstić information content (AvgIpc) is 2.22. The van der Waals surface area contributed by atoms with Crippen LogP contribution in [0.5, 0.6) is 0 Å². The summed E-state index contributed by atoms with van der Waals surface area (Å²) in [4.78, 5) is 2.63. The molecule has 0 saturated carbocycles. The molecular weight excluding hydrogens is 248 g/mol. The predicted octanol–water partition coefficient (Wildman–Crippen LogP) is 3.97. The second kappa shape index (κ2) is 6.33. The van der Waals surface area contributed by atoms with Gasteiger partial charge in [0.1, 0.15) is 0 Å². The highest BCUT2D eigenvalue weighted by molar-refractivity contribution is 4.99. The van der Waals surface area contributed by atoms with Gasteiger partial charge in [-0.3, -0.25) is 4.90 Å². The summed E-state index contributed by atoms with van der Waals surface area (Å²) in [5.74, 6) is 1.34. The summed E-state index contributed by atoms with van der Waals surface area (Å²) in [6.45, 7) is 19.8. The van der Waals surface area contributed by atoms with Gasteiger partial charge in [0.2, 0.25) is 0 Å². The van der Waals surface area contributed by atoms with Crippen LogP contribution in [0.15, 0.2) is 0 Å². The Bertz CT molecular complexity index is 282. The summed E-state index contributed by atoms with van der Waals surface area (Å²) in [5.41, 5.74) is -0.531. The number of rotatable bonds is 5. The van der Waals surface area contributed by atoms with Crippen molar-refractivity contribution in [3.05, 3.63) is 0 Å². The molecule has 0 amide bonds. The van der Waals surface area contributed by atoms with E-state index >= 15 is 0 Å². The van der Waals surface area contributed by atoms with Crippen molar-refractivity contribution in [2.45, 2.75) is 85.4 Å². The van der Waals surface area contributed by atoms with Crippen LogP contribution in [-0.4, -0.2) is 40.2 Å². The third-order valence-corrected chi connectivity index (χ3v) is 4.29. The molecule has 1 heterocycles. The highest BCUT2D eigenvalue weighted by Gasteiger charge is 2.47. The molecule has 119 valence electrons. The molecule has 0 unspecified atom stereocenters. The molecule has 1 aliphatic heterocycles. The summed E-state index contributed by atoms with van der Waals surface area (Å²) in [5, 5.41) is 13.8. The molecule has 0 bridgehead atoms. The van der Waals surface area contributed by atoms with Gasteiger partial charge in [-0.1, -0.05) is 27.7 Å². The van der Waals surface area contributed by atoms with Crippen LogP contribution in [0.2, 0.25) is 0 Å². The van der Waals surface area contributed by atoms with Gasteiger partial charge in [0, 0.05) is 30.2 Å². The summed E-state index contributed by atoms with van der Waals surface area (Å²) >= 11 is 0. The minimum absolute atomic E-state index is 0.265. The number of hydrogen-bond acceptors (Lipinski definition) is 2. The van der Waals surface area contributed by atoms with E-state index in [1.165, 1.54) is 5.06 Å². The first kappa shape index (κ1) is 17.9. The molecule has 0 atom stereocenters. The van der Waals surface area contributed by atoms with Gasteiger partial charge in [-0.2, -0.15) is 0 Å². The Morgan fingerprint density at radius 2 is 1.30 bits per heavy atom. The molecule has 0 spiro atoms. The highest BCUT2D eigenvalue weighted by Crippen LogP contribution is 2.39. The smallest absolute Gasteiger partial charge is 0.0458 e. The zero-order valence-corrected chi connectivity index (χ0v) is 14.9. The lowest BCUT2D eigenvalue weighted by Crippen LogP contribution is -2.62. The van der Waals surface area contributed by atoms with Crippen molar-refractivity contribution < 1.29 is 5.21 Å². The van der Waals surface area contributed by atoms with Gasteiger partial charge in [-0.15, -0.1) is 10.3 Å². The van der Waals surface area contributed by atoms with Crippen LogP contribution in [0, 0.1) is 11.8 Å². The Morgan fingerprint density at radius 3 is 1.60 bits per heavy atom. The molecule has 1 fully saturated rings. The van der Waals surface area contributed by atoms with Crippen LogP contribution in [0.4, 0.5) is 0 Å². The van der Waals surface area contributed by atoms with Gasteiger partial charge < -0.3 is 0 Å². The lowest BCUT2D eigenvalue weighted by molar-refractivity contribution is -0.294. The van der Waals surface area contributed by atoms with E-state index in [4.69, 9.17) is 0 Å².